The van der Waals surface area contributed by atoms with Gasteiger partial charge in [0.1, 0.15) is 16.8 Å². The Hall–Kier alpha value is -1.22. The van der Waals surface area contributed by atoms with Gasteiger partial charge in [0.05, 0.1) is 5.52 Å². The highest BCUT2D eigenvalue weighted by atomic mass is 35.5. The first-order valence-electron chi connectivity index (χ1n) is 5.30. The van der Waals surface area contributed by atoms with E-state index in [0.29, 0.717) is 16.4 Å². The molecular formula is C12H12ClFN2. The van der Waals surface area contributed by atoms with E-state index in [1.807, 2.05) is 13.8 Å². The van der Waals surface area contributed by atoms with Crippen LogP contribution in [0.1, 0.15) is 25.2 Å². The Kier molecular flexibility index (Phi) is 3.06. The summed E-state index contributed by atoms with van der Waals surface area (Å²) < 4.78 is 13.3. The van der Waals surface area contributed by atoms with Gasteiger partial charge in [0.2, 0.25) is 0 Å². The van der Waals surface area contributed by atoms with E-state index in [1.165, 1.54) is 12.1 Å². The van der Waals surface area contributed by atoms with Crippen LogP contribution in [0.3, 0.4) is 0 Å². The number of nitrogens with zero attached hydrogens (tertiary/aromatic N) is 2. The molecule has 2 aromatic rings. The molecule has 1 aromatic carbocycles. The van der Waals surface area contributed by atoms with E-state index >= 15 is 0 Å². The second-order valence-corrected chi connectivity index (χ2v) is 3.96. The number of aryl methyl sites for hydroxylation is 2. The molecule has 0 atom stereocenters. The first kappa shape index (κ1) is 11.3. The summed E-state index contributed by atoms with van der Waals surface area (Å²) in [6.45, 7) is 3.93. The third-order valence-corrected chi connectivity index (χ3v) is 2.83. The van der Waals surface area contributed by atoms with Crippen LogP contribution >= 0.6 is 11.6 Å². The lowest BCUT2D eigenvalue weighted by Gasteiger charge is -2.07. The number of benzene rings is 1. The van der Waals surface area contributed by atoms with Gasteiger partial charge < -0.3 is 0 Å². The lowest BCUT2D eigenvalue weighted by Crippen LogP contribution is -1.98. The van der Waals surface area contributed by atoms with Gasteiger partial charge in [0.25, 0.3) is 0 Å². The Bertz CT molecular complexity index is 540. The van der Waals surface area contributed by atoms with E-state index in [9.17, 15) is 4.39 Å². The molecule has 0 amide bonds. The molecule has 4 heteroatoms. The van der Waals surface area contributed by atoms with Crippen LogP contribution in [0.4, 0.5) is 4.39 Å². The molecule has 0 fully saturated rings. The highest BCUT2D eigenvalue weighted by molar-refractivity contribution is 6.34. The predicted molar refractivity (Wildman–Crippen MR) is 63.3 cm³/mol. The van der Waals surface area contributed by atoms with Crippen molar-refractivity contribution in [3.05, 3.63) is 34.5 Å². The van der Waals surface area contributed by atoms with Crippen molar-refractivity contribution in [2.45, 2.75) is 26.7 Å². The van der Waals surface area contributed by atoms with Crippen molar-refractivity contribution >= 4 is 22.5 Å². The maximum absolute atomic E-state index is 13.3. The minimum Gasteiger partial charge on any atom is -0.233 e. The zero-order valence-corrected chi connectivity index (χ0v) is 9.98. The van der Waals surface area contributed by atoms with Crippen LogP contribution in [0, 0.1) is 5.82 Å². The molecule has 1 heterocycles. The fourth-order valence-electron chi connectivity index (χ4n) is 1.70. The van der Waals surface area contributed by atoms with E-state index in [2.05, 4.69) is 9.97 Å². The number of fused-ring (bicyclic) bond motifs is 1. The van der Waals surface area contributed by atoms with Gasteiger partial charge in [-0.15, -0.1) is 0 Å². The van der Waals surface area contributed by atoms with Gasteiger partial charge >= 0.3 is 0 Å². The topological polar surface area (TPSA) is 25.8 Å². The third kappa shape index (κ3) is 1.87. The molecule has 0 unspecified atom stereocenters. The summed E-state index contributed by atoms with van der Waals surface area (Å²) in [4.78, 5) is 8.53. The van der Waals surface area contributed by atoms with Crippen molar-refractivity contribution in [3.63, 3.8) is 0 Å². The Labute approximate surface area is 98.5 Å². The quantitative estimate of drug-likeness (QED) is 0.748. The van der Waals surface area contributed by atoms with Crippen LogP contribution in [0.25, 0.3) is 10.9 Å². The van der Waals surface area contributed by atoms with E-state index in [-0.39, 0.29) is 5.82 Å². The second kappa shape index (κ2) is 4.34. The maximum atomic E-state index is 13.3. The van der Waals surface area contributed by atoms with Gasteiger partial charge in [-0.25, -0.2) is 14.4 Å². The lowest BCUT2D eigenvalue weighted by atomic mass is 10.1. The first-order chi connectivity index (χ1) is 7.65. The van der Waals surface area contributed by atoms with Crippen LogP contribution in [0.2, 0.25) is 5.15 Å². The Morgan fingerprint density at radius 2 is 1.94 bits per heavy atom. The van der Waals surface area contributed by atoms with Gasteiger partial charge in [0.15, 0.2) is 0 Å². The SMILES string of the molecule is CCc1nc(Cl)c2cc(F)cc(CC)c2n1. The minimum atomic E-state index is -0.293. The number of hydrogen-bond acceptors (Lipinski definition) is 2. The lowest BCUT2D eigenvalue weighted by molar-refractivity contribution is 0.627. The molecule has 0 aliphatic rings. The molecule has 1 aromatic heterocycles. The Morgan fingerprint density at radius 1 is 1.19 bits per heavy atom. The number of aromatic nitrogens is 2. The molecule has 2 rings (SSSR count). The molecular weight excluding hydrogens is 227 g/mol. The fraction of sp³-hybridized carbons (Fsp3) is 0.333. The Balaban J connectivity index is 2.83. The molecule has 0 saturated heterocycles. The van der Waals surface area contributed by atoms with Crippen LogP contribution in [0.15, 0.2) is 12.1 Å². The molecule has 0 N–H and O–H groups in total. The highest BCUT2D eigenvalue weighted by Gasteiger charge is 2.10. The summed E-state index contributed by atoms with van der Waals surface area (Å²) in [6.07, 6.45) is 1.45. The summed E-state index contributed by atoms with van der Waals surface area (Å²) >= 11 is 6.02. The summed E-state index contributed by atoms with van der Waals surface area (Å²) in [7, 11) is 0. The van der Waals surface area contributed by atoms with Crippen LogP contribution < -0.4 is 0 Å². The highest BCUT2D eigenvalue weighted by Crippen LogP contribution is 2.25. The predicted octanol–water partition coefficient (Wildman–Crippen LogP) is 3.55. The molecule has 84 valence electrons. The summed E-state index contributed by atoms with van der Waals surface area (Å²) in [5.74, 6) is 0.401. The standard InChI is InChI=1S/C12H12ClFN2/c1-3-7-5-8(14)6-9-11(7)15-10(4-2)16-12(9)13/h5-6H,3-4H2,1-2H3. The summed E-state index contributed by atoms with van der Waals surface area (Å²) in [5.41, 5.74) is 1.63. The third-order valence-electron chi connectivity index (χ3n) is 2.54. The molecule has 2 nitrogen and oxygen atoms in total. The summed E-state index contributed by atoms with van der Waals surface area (Å²) in [5, 5.41) is 0.923. The maximum Gasteiger partial charge on any atom is 0.140 e. The molecule has 0 spiro atoms. The average molecular weight is 239 g/mol. The van der Waals surface area contributed by atoms with Crippen LogP contribution in [-0.2, 0) is 12.8 Å². The van der Waals surface area contributed by atoms with E-state index in [4.69, 9.17) is 11.6 Å². The number of hydrogen-bond donors (Lipinski definition) is 0. The van der Waals surface area contributed by atoms with Crippen molar-refractivity contribution in [2.24, 2.45) is 0 Å². The monoisotopic (exact) mass is 238 g/mol. The van der Waals surface area contributed by atoms with E-state index < -0.39 is 0 Å². The zero-order valence-electron chi connectivity index (χ0n) is 9.22. The molecule has 0 saturated carbocycles. The van der Waals surface area contributed by atoms with Gasteiger partial charge in [-0.3, -0.25) is 0 Å². The normalized spacial score (nSPS) is 11.0. The van der Waals surface area contributed by atoms with Crippen LogP contribution in [-0.4, -0.2) is 9.97 Å². The smallest absolute Gasteiger partial charge is 0.140 e. The van der Waals surface area contributed by atoms with Gasteiger partial charge in [-0.2, -0.15) is 0 Å². The second-order valence-electron chi connectivity index (χ2n) is 3.60. The zero-order chi connectivity index (χ0) is 11.7. The first-order valence-corrected chi connectivity index (χ1v) is 5.68. The minimum absolute atomic E-state index is 0.293. The van der Waals surface area contributed by atoms with Crippen molar-refractivity contribution in [3.8, 4) is 0 Å². The largest absolute Gasteiger partial charge is 0.233 e. The van der Waals surface area contributed by atoms with E-state index in [0.717, 1.165) is 23.9 Å². The van der Waals surface area contributed by atoms with Crippen molar-refractivity contribution in [1.29, 1.82) is 0 Å². The molecule has 0 bridgehead atoms. The molecule has 0 aliphatic carbocycles. The van der Waals surface area contributed by atoms with Gasteiger partial charge in [-0.1, -0.05) is 25.4 Å². The van der Waals surface area contributed by atoms with Crippen molar-refractivity contribution < 1.29 is 4.39 Å². The Morgan fingerprint density at radius 3 is 2.56 bits per heavy atom. The number of rotatable bonds is 2. The summed E-state index contributed by atoms with van der Waals surface area (Å²) in [6, 6.07) is 2.89. The van der Waals surface area contributed by atoms with Crippen molar-refractivity contribution in [2.75, 3.05) is 0 Å². The van der Waals surface area contributed by atoms with Crippen LogP contribution in [0.5, 0.6) is 0 Å². The van der Waals surface area contributed by atoms with Gasteiger partial charge in [-0.05, 0) is 24.1 Å². The molecule has 0 radical (unpaired) electrons. The average Bonchev–Trinajstić information content (AvgIpc) is 2.28. The van der Waals surface area contributed by atoms with Gasteiger partial charge in [0, 0.05) is 11.8 Å². The fourth-order valence-corrected chi connectivity index (χ4v) is 1.94. The van der Waals surface area contributed by atoms with Crippen molar-refractivity contribution in [1.82, 2.24) is 9.97 Å². The van der Waals surface area contributed by atoms with E-state index in [1.54, 1.807) is 0 Å². The number of halogens is 2. The molecule has 16 heavy (non-hydrogen) atoms. The molecule has 0 aliphatic heterocycles.